The lowest BCUT2D eigenvalue weighted by Crippen LogP contribution is -2.51. The minimum absolute atomic E-state index is 0.186. The van der Waals surface area contributed by atoms with Crippen LogP contribution in [0.5, 0.6) is 46.0 Å². The summed E-state index contributed by atoms with van der Waals surface area (Å²) in [7, 11) is 0. The summed E-state index contributed by atoms with van der Waals surface area (Å²) in [6.07, 6.45) is 33.5. The standard InChI is InChI=1S/2C29H33N3O3S.2C28H30O4/c2*1-3-11-29(33)12-10-23-21-7-4-17-13-19(31-32-27(30)36)6-8-20(17)26(21)22(15-28(23,29)2)18-5-9-24-25(14-18)35-16-34-24;2*1-3-11-28(30)12-10-23-21-7-4-17-13-19(29)6-8-20(17)26(21)22(15-27(23,28)2)18-5-9-24-25(14-18)32-16-31-24/h2*5,9,13-14,21-23,33H,4,6-8,10,12,15-16H2,1-2H3,(H3,30,32,36);2*5,9,13-14,21-23,30H,4,6-8,10,12,15-16H2,1-2H3/t2*21-,22+,23-,28-,29-;2*21-,22+,23-,27-,28-/m1010/s1. The molecule has 0 aromatic heterocycles. The maximum atomic E-state index is 12.2. The number of fused-ring (bicyclic) bond motifs is 20. The Labute approximate surface area is 809 Å². The summed E-state index contributed by atoms with van der Waals surface area (Å²) in [5.41, 5.74) is 36.0. The van der Waals surface area contributed by atoms with Crippen LogP contribution in [0.2, 0.25) is 0 Å². The maximum absolute atomic E-state index is 12.2. The molecule has 20 nitrogen and oxygen atoms in total. The van der Waals surface area contributed by atoms with E-state index in [-0.39, 0.29) is 94.3 Å². The Hall–Kier alpha value is -10.7. The summed E-state index contributed by atoms with van der Waals surface area (Å²) in [5, 5.41) is 56.4. The van der Waals surface area contributed by atoms with E-state index in [1.807, 2.05) is 64.1 Å². The Balaban J connectivity index is 0.000000109. The Morgan fingerprint density at radius 1 is 0.346 bits per heavy atom. The number of ether oxygens (including phenoxy) is 8. The number of hydrogen-bond donors (Lipinski definition) is 8. The molecular weight excluding hydrogens is 1740 g/mol. The highest BCUT2D eigenvalue weighted by Crippen LogP contribution is 2.73. The SMILES string of the molecule is CC#C[C@@]1(O)CC[C@@H]2[C@H]3CCC4=CC(=NNC(N)=S)CCC4=C3[C@H](c3ccc4c(c3)OCO4)C[C@]21C.CC#C[C@@]1(O)CC[C@@H]2[C@H]3CCC4=CC(=O)CCC4=C3[C@H](c3ccc4c(c3)OCO4)C[C@]21C.CC#C[C@]1(O)CC[C@H]2[C@@H]3CCC4=CC(=NNC(N)=S)CCC4=C3[C@@H](c3ccc4c(c3)OCO4)C[C@@]21C.CC#C[C@]1(O)CC[C@H]2[C@@H]3CCC4=CC(=O)CCC4=C3[C@@H](c3ccc4c(c3)OCO4)C[C@@]21C. The number of rotatable bonds is 6. The number of benzene rings is 4. The van der Waals surface area contributed by atoms with E-state index in [1.54, 1.807) is 11.1 Å². The summed E-state index contributed by atoms with van der Waals surface area (Å²) in [4.78, 5) is 24.3. The molecule has 16 aliphatic carbocycles. The fourth-order valence-corrected chi connectivity index (χ4v) is 30.6. The predicted octanol–water partition coefficient (Wildman–Crippen LogP) is 19.5. The maximum Gasteiger partial charge on any atom is 0.231 e. The van der Waals surface area contributed by atoms with Gasteiger partial charge in [-0.1, -0.05) is 97.9 Å². The minimum atomic E-state index is -0.952. The van der Waals surface area contributed by atoms with Gasteiger partial charge in [0.2, 0.25) is 27.2 Å². The van der Waals surface area contributed by atoms with Crippen molar-refractivity contribution < 1.29 is 67.9 Å². The highest BCUT2D eigenvalue weighted by Gasteiger charge is 2.68. The molecule has 0 amide bonds. The molecule has 20 aliphatic rings. The molecule has 0 bridgehead atoms. The van der Waals surface area contributed by atoms with Gasteiger partial charge in [0.1, 0.15) is 22.4 Å². The Morgan fingerprint density at radius 3 is 0.838 bits per heavy atom. The van der Waals surface area contributed by atoms with Gasteiger partial charge in [0.15, 0.2) is 67.8 Å². The smallest absolute Gasteiger partial charge is 0.231 e. The molecular formula is C114H126N6O14S2. The third kappa shape index (κ3) is 15.3. The number of nitrogens with one attached hydrogen (secondary N) is 2. The molecule has 0 radical (unpaired) electrons. The first-order valence-electron chi connectivity index (χ1n) is 49.8. The van der Waals surface area contributed by atoms with Gasteiger partial charge in [-0.05, 0) is 406 Å². The van der Waals surface area contributed by atoms with Crippen LogP contribution < -0.4 is 60.2 Å². The number of allylic oxidation sites excluding steroid dienone is 16. The predicted molar refractivity (Wildman–Crippen MR) is 530 cm³/mol. The number of carbonyl (C=O) groups excluding carboxylic acids is 2. The average molecular weight is 1870 g/mol. The van der Waals surface area contributed by atoms with Crippen molar-refractivity contribution in [3.63, 3.8) is 0 Å². The van der Waals surface area contributed by atoms with Crippen molar-refractivity contribution in [1.82, 2.24) is 10.9 Å². The molecule has 0 unspecified atom stereocenters. The van der Waals surface area contributed by atoms with Crippen molar-refractivity contribution in [3.8, 4) is 93.4 Å². The van der Waals surface area contributed by atoms with E-state index in [1.165, 1.54) is 78.0 Å². The van der Waals surface area contributed by atoms with Crippen LogP contribution in [0.3, 0.4) is 0 Å². The number of aliphatic hydroxyl groups is 4. The van der Waals surface area contributed by atoms with Crippen molar-refractivity contribution in [2.45, 2.75) is 281 Å². The zero-order chi connectivity index (χ0) is 94.3. The minimum Gasteiger partial charge on any atom is -0.454 e. The topological polar surface area (TPSA) is 290 Å². The molecule has 136 heavy (non-hydrogen) atoms. The van der Waals surface area contributed by atoms with Crippen LogP contribution in [0.25, 0.3) is 0 Å². The van der Waals surface area contributed by atoms with Crippen molar-refractivity contribution >= 4 is 57.7 Å². The second-order valence-electron chi connectivity index (χ2n) is 42.8. The normalized spacial score (nSPS) is 36.1. The van der Waals surface area contributed by atoms with Gasteiger partial charge < -0.3 is 69.8 Å². The molecule has 22 heteroatoms. The van der Waals surface area contributed by atoms with Crippen molar-refractivity contribution in [3.05, 3.63) is 186 Å². The number of nitrogens with two attached hydrogens (primary N) is 2. The summed E-state index contributed by atoms with van der Waals surface area (Å²) in [6, 6.07) is 25.4. The van der Waals surface area contributed by atoms with Crippen LogP contribution in [-0.4, -0.2) is 103 Å². The molecule has 10 N–H and O–H groups in total. The van der Waals surface area contributed by atoms with Crippen molar-refractivity contribution in [2.24, 2.45) is 90.7 Å². The molecule has 8 fully saturated rings. The van der Waals surface area contributed by atoms with E-state index in [2.05, 4.69) is 157 Å². The van der Waals surface area contributed by atoms with Gasteiger partial charge in [-0.15, -0.1) is 23.7 Å². The van der Waals surface area contributed by atoms with Gasteiger partial charge in [-0.25, -0.2) is 0 Å². The van der Waals surface area contributed by atoms with Crippen LogP contribution in [0, 0.1) is 116 Å². The van der Waals surface area contributed by atoms with Crippen LogP contribution in [0.1, 0.15) is 281 Å². The summed E-state index contributed by atoms with van der Waals surface area (Å²) < 4.78 is 45.3. The van der Waals surface area contributed by atoms with Crippen molar-refractivity contribution in [2.75, 3.05) is 27.2 Å². The number of carbonyl (C=O) groups is 2. The van der Waals surface area contributed by atoms with E-state index in [9.17, 15) is 30.0 Å². The van der Waals surface area contributed by atoms with Gasteiger partial charge in [0, 0.05) is 58.2 Å². The van der Waals surface area contributed by atoms with Crippen LogP contribution >= 0.6 is 24.4 Å². The van der Waals surface area contributed by atoms with Gasteiger partial charge in [-0.3, -0.25) is 20.4 Å². The van der Waals surface area contributed by atoms with E-state index in [4.69, 9.17) is 73.8 Å². The number of hydrazone groups is 2. The first-order valence-corrected chi connectivity index (χ1v) is 50.6. The van der Waals surface area contributed by atoms with Gasteiger partial charge in [-0.2, -0.15) is 10.2 Å². The van der Waals surface area contributed by atoms with Gasteiger partial charge in [0.25, 0.3) is 0 Å². The second-order valence-corrected chi connectivity index (χ2v) is 43.6. The zero-order valence-corrected chi connectivity index (χ0v) is 81.2. The molecule has 0 spiro atoms. The highest BCUT2D eigenvalue weighted by atomic mass is 32.1. The van der Waals surface area contributed by atoms with Gasteiger partial charge in [0.05, 0.1) is 11.4 Å². The average Bonchev–Trinajstić information content (AvgIpc) is 1.50. The Bertz CT molecular complexity index is 5980. The number of thiocarbonyl (C=S) groups is 2. The molecule has 708 valence electrons. The molecule has 4 aliphatic heterocycles. The molecule has 20 atom stereocenters. The number of hydrogen-bond acceptors (Lipinski definition) is 18. The lowest BCUT2D eigenvalue weighted by molar-refractivity contribution is -0.115. The number of ketones is 2. The summed E-state index contributed by atoms with van der Waals surface area (Å²) >= 11 is 9.86. The number of nitrogens with zero attached hydrogens (tertiary/aromatic N) is 2. The molecule has 4 aromatic rings. The van der Waals surface area contributed by atoms with E-state index in [0.29, 0.717) is 60.2 Å². The van der Waals surface area contributed by atoms with Crippen LogP contribution in [0.4, 0.5) is 0 Å². The first kappa shape index (κ1) is 91.7. The molecule has 24 rings (SSSR count). The fraction of sp³-hybridized carbons (Fsp3) is 0.526. The van der Waals surface area contributed by atoms with Crippen LogP contribution in [0.15, 0.2) is 174 Å². The monoisotopic (exact) mass is 1870 g/mol. The van der Waals surface area contributed by atoms with Crippen molar-refractivity contribution in [1.29, 1.82) is 0 Å². The third-order valence-electron chi connectivity index (χ3n) is 36.7. The molecule has 0 saturated heterocycles. The van der Waals surface area contributed by atoms with Crippen LogP contribution in [-0.2, 0) is 9.59 Å². The zero-order valence-electron chi connectivity index (χ0n) is 79.5. The summed E-state index contributed by atoms with van der Waals surface area (Å²) in [5.74, 6) is 36.2. The largest absolute Gasteiger partial charge is 0.454 e. The Kier molecular flexibility index (Phi) is 23.8. The third-order valence-corrected chi connectivity index (χ3v) is 36.9. The van der Waals surface area contributed by atoms with E-state index < -0.39 is 22.4 Å². The summed E-state index contributed by atoms with van der Waals surface area (Å²) in [6.45, 7) is 17.5. The van der Waals surface area contributed by atoms with E-state index >= 15 is 0 Å². The lowest BCUT2D eigenvalue weighted by Gasteiger charge is -2.53. The van der Waals surface area contributed by atoms with Gasteiger partial charge >= 0.3 is 0 Å². The highest BCUT2D eigenvalue weighted by molar-refractivity contribution is 7.80. The lowest BCUT2D eigenvalue weighted by atomic mass is 9.51. The molecule has 4 aromatic carbocycles. The fourth-order valence-electron chi connectivity index (χ4n) is 30.5. The second kappa shape index (κ2) is 35.3. The molecule has 8 saturated carbocycles. The first-order chi connectivity index (χ1) is 65.5. The Morgan fingerprint density at radius 2 is 0.588 bits per heavy atom. The van der Waals surface area contributed by atoms with E-state index in [0.717, 1.165) is 224 Å². The molecule has 4 heterocycles. The quantitative estimate of drug-likeness (QED) is 0.0506.